The SMILES string of the molecule is COCc1cc(Br)c(=O)[nH]n1. The van der Waals surface area contributed by atoms with Crippen LogP contribution in [0, 0.1) is 0 Å². The quantitative estimate of drug-likeness (QED) is 0.795. The molecule has 0 fully saturated rings. The Morgan fingerprint density at radius 3 is 3.09 bits per heavy atom. The van der Waals surface area contributed by atoms with Gasteiger partial charge in [0, 0.05) is 7.11 Å². The summed E-state index contributed by atoms with van der Waals surface area (Å²) < 4.78 is 5.29. The Bertz CT molecular complexity index is 297. The van der Waals surface area contributed by atoms with Gasteiger partial charge in [-0.1, -0.05) is 0 Å². The van der Waals surface area contributed by atoms with Gasteiger partial charge >= 0.3 is 0 Å². The molecule has 11 heavy (non-hydrogen) atoms. The molecule has 0 atom stereocenters. The summed E-state index contributed by atoms with van der Waals surface area (Å²) in [7, 11) is 1.57. The van der Waals surface area contributed by atoms with Crippen molar-refractivity contribution < 1.29 is 4.74 Å². The lowest BCUT2D eigenvalue weighted by Gasteiger charge is -1.96. The highest BCUT2D eigenvalue weighted by atomic mass is 79.9. The number of nitrogens with one attached hydrogen (secondary N) is 1. The molecule has 0 aromatic carbocycles. The van der Waals surface area contributed by atoms with Gasteiger partial charge < -0.3 is 4.74 Å². The molecule has 0 amide bonds. The van der Waals surface area contributed by atoms with Crippen LogP contribution < -0.4 is 5.56 Å². The van der Waals surface area contributed by atoms with Crippen molar-refractivity contribution in [2.24, 2.45) is 0 Å². The van der Waals surface area contributed by atoms with Gasteiger partial charge in [0.15, 0.2) is 0 Å². The molecule has 0 bridgehead atoms. The Hall–Kier alpha value is -0.680. The highest BCUT2D eigenvalue weighted by Crippen LogP contribution is 2.02. The summed E-state index contributed by atoms with van der Waals surface area (Å²) in [5.74, 6) is 0. The molecule has 1 aromatic heterocycles. The Labute approximate surface area is 71.7 Å². The highest BCUT2D eigenvalue weighted by molar-refractivity contribution is 9.10. The lowest BCUT2D eigenvalue weighted by atomic mass is 10.4. The van der Waals surface area contributed by atoms with Crippen molar-refractivity contribution >= 4 is 15.9 Å². The van der Waals surface area contributed by atoms with Crippen LogP contribution in [-0.4, -0.2) is 17.3 Å². The maximum absolute atomic E-state index is 10.8. The largest absolute Gasteiger partial charge is 0.378 e. The van der Waals surface area contributed by atoms with Gasteiger partial charge in [0.05, 0.1) is 16.8 Å². The Morgan fingerprint density at radius 1 is 1.82 bits per heavy atom. The lowest BCUT2D eigenvalue weighted by Crippen LogP contribution is -2.10. The van der Waals surface area contributed by atoms with Gasteiger partial charge in [0.1, 0.15) is 0 Å². The average molecular weight is 219 g/mol. The van der Waals surface area contributed by atoms with Gasteiger partial charge in [-0.2, -0.15) is 5.10 Å². The van der Waals surface area contributed by atoms with Crippen LogP contribution in [0.5, 0.6) is 0 Å². The molecule has 0 saturated heterocycles. The molecule has 4 nitrogen and oxygen atoms in total. The van der Waals surface area contributed by atoms with Crippen LogP contribution in [0.2, 0.25) is 0 Å². The van der Waals surface area contributed by atoms with Crippen LogP contribution >= 0.6 is 15.9 Å². The molecular weight excluding hydrogens is 212 g/mol. The Kier molecular flexibility index (Phi) is 2.78. The number of halogens is 1. The van der Waals surface area contributed by atoms with Crippen molar-refractivity contribution in [2.75, 3.05) is 7.11 Å². The fourth-order valence-corrected chi connectivity index (χ4v) is 0.995. The second-order valence-corrected chi connectivity index (χ2v) is 2.82. The molecule has 0 aliphatic carbocycles. The van der Waals surface area contributed by atoms with E-state index in [-0.39, 0.29) is 5.56 Å². The second kappa shape index (κ2) is 3.64. The summed E-state index contributed by atoms with van der Waals surface area (Å²) in [4.78, 5) is 10.8. The van der Waals surface area contributed by atoms with Crippen LogP contribution in [0.25, 0.3) is 0 Å². The average Bonchev–Trinajstić information content (AvgIpc) is 1.98. The maximum atomic E-state index is 10.8. The van der Waals surface area contributed by atoms with Crippen molar-refractivity contribution in [3.05, 3.63) is 26.6 Å². The smallest absolute Gasteiger partial charge is 0.278 e. The minimum Gasteiger partial charge on any atom is -0.378 e. The predicted octanol–water partition coefficient (Wildman–Crippen LogP) is 0.679. The van der Waals surface area contributed by atoms with Gasteiger partial charge in [-0.15, -0.1) is 0 Å². The molecule has 0 radical (unpaired) electrons. The van der Waals surface area contributed by atoms with Gasteiger partial charge in [-0.25, -0.2) is 5.10 Å². The van der Waals surface area contributed by atoms with E-state index in [2.05, 4.69) is 26.1 Å². The molecule has 1 heterocycles. The molecule has 0 spiro atoms. The minimum atomic E-state index is -0.232. The number of methoxy groups -OCH3 is 1. The standard InChI is InChI=1S/C6H7BrN2O2/c1-11-3-4-2-5(7)6(10)9-8-4/h2H,3H2,1H3,(H,9,10). The summed E-state index contributed by atoms with van der Waals surface area (Å²) in [6.45, 7) is 0.398. The number of rotatable bonds is 2. The third kappa shape index (κ3) is 2.13. The number of nitrogens with zero attached hydrogens (tertiary/aromatic N) is 1. The maximum Gasteiger partial charge on any atom is 0.278 e. The van der Waals surface area contributed by atoms with E-state index in [9.17, 15) is 4.79 Å². The van der Waals surface area contributed by atoms with E-state index in [1.54, 1.807) is 13.2 Å². The van der Waals surface area contributed by atoms with E-state index in [0.29, 0.717) is 16.8 Å². The summed E-state index contributed by atoms with van der Waals surface area (Å²) in [5, 5.41) is 6.06. The lowest BCUT2D eigenvalue weighted by molar-refractivity contribution is 0.180. The predicted molar refractivity (Wildman–Crippen MR) is 43.3 cm³/mol. The van der Waals surface area contributed by atoms with Crippen LogP contribution in [0.15, 0.2) is 15.3 Å². The van der Waals surface area contributed by atoms with E-state index in [0.717, 1.165) is 0 Å². The van der Waals surface area contributed by atoms with Crippen molar-refractivity contribution in [3.63, 3.8) is 0 Å². The van der Waals surface area contributed by atoms with E-state index < -0.39 is 0 Å². The molecule has 0 aliphatic rings. The molecule has 1 N–H and O–H groups in total. The van der Waals surface area contributed by atoms with Crippen LogP contribution in [0.1, 0.15) is 5.69 Å². The normalized spacial score (nSPS) is 10.0. The number of ether oxygens (including phenoxy) is 1. The fourth-order valence-electron chi connectivity index (χ4n) is 0.642. The monoisotopic (exact) mass is 218 g/mol. The molecule has 0 saturated carbocycles. The molecule has 0 unspecified atom stereocenters. The van der Waals surface area contributed by atoms with Crippen molar-refractivity contribution in [1.29, 1.82) is 0 Å². The summed E-state index contributed by atoms with van der Waals surface area (Å²) >= 11 is 3.08. The van der Waals surface area contributed by atoms with E-state index >= 15 is 0 Å². The van der Waals surface area contributed by atoms with E-state index in [1.807, 2.05) is 0 Å². The second-order valence-electron chi connectivity index (χ2n) is 1.97. The van der Waals surface area contributed by atoms with Gasteiger partial charge in [-0.05, 0) is 22.0 Å². The molecule has 0 aliphatic heterocycles. The van der Waals surface area contributed by atoms with Crippen molar-refractivity contribution in [1.82, 2.24) is 10.2 Å². The first-order valence-electron chi connectivity index (χ1n) is 2.97. The summed E-state index contributed by atoms with van der Waals surface area (Å²) in [6, 6.07) is 1.63. The molecule has 5 heteroatoms. The summed E-state index contributed by atoms with van der Waals surface area (Å²) in [6.07, 6.45) is 0. The number of hydrogen-bond donors (Lipinski definition) is 1. The first-order chi connectivity index (χ1) is 5.24. The Balaban J connectivity index is 2.96. The number of aromatic amines is 1. The van der Waals surface area contributed by atoms with Crippen molar-refractivity contribution in [2.45, 2.75) is 6.61 Å². The van der Waals surface area contributed by atoms with Crippen LogP contribution in [-0.2, 0) is 11.3 Å². The van der Waals surface area contributed by atoms with E-state index in [1.165, 1.54) is 0 Å². The highest BCUT2D eigenvalue weighted by Gasteiger charge is 1.97. The summed E-state index contributed by atoms with van der Waals surface area (Å²) in [5.41, 5.74) is 0.462. The number of hydrogen-bond acceptors (Lipinski definition) is 3. The molecular formula is C6H7BrN2O2. The third-order valence-corrected chi connectivity index (χ3v) is 1.69. The minimum absolute atomic E-state index is 0.232. The molecule has 1 rings (SSSR count). The van der Waals surface area contributed by atoms with Gasteiger partial charge in [0.25, 0.3) is 5.56 Å². The number of aromatic nitrogens is 2. The third-order valence-electron chi connectivity index (χ3n) is 1.10. The zero-order valence-corrected chi connectivity index (χ0v) is 7.51. The first kappa shape index (κ1) is 8.42. The van der Waals surface area contributed by atoms with Gasteiger partial charge in [0.2, 0.25) is 0 Å². The fraction of sp³-hybridized carbons (Fsp3) is 0.333. The van der Waals surface area contributed by atoms with Crippen LogP contribution in [0.4, 0.5) is 0 Å². The first-order valence-corrected chi connectivity index (χ1v) is 3.76. The zero-order valence-electron chi connectivity index (χ0n) is 5.93. The van der Waals surface area contributed by atoms with Gasteiger partial charge in [-0.3, -0.25) is 4.79 Å². The van der Waals surface area contributed by atoms with Crippen molar-refractivity contribution in [3.8, 4) is 0 Å². The topological polar surface area (TPSA) is 55.0 Å². The Morgan fingerprint density at radius 2 is 2.55 bits per heavy atom. The molecule has 1 aromatic rings. The molecule has 60 valence electrons. The van der Waals surface area contributed by atoms with Crippen LogP contribution in [0.3, 0.4) is 0 Å². The zero-order chi connectivity index (χ0) is 8.27. The van der Waals surface area contributed by atoms with E-state index in [4.69, 9.17) is 4.74 Å². The number of H-pyrrole nitrogens is 1.